The fourth-order valence-electron chi connectivity index (χ4n) is 0.877. The Morgan fingerprint density at radius 1 is 1.43 bits per heavy atom. The monoisotopic (exact) mass is 214 g/mol. The van der Waals surface area contributed by atoms with Crippen LogP contribution >= 0.6 is 0 Å². The van der Waals surface area contributed by atoms with Gasteiger partial charge in [-0.05, 0) is 12.1 Å². The number of nitrogens with one attached hydrogen (secondary N) is 1. The molecule has 0 spiro atoms. The normalized spacial score (nSPS) is 12.1. The summed E-state index contributed by atoms with van der Waals surface area (Å²) in [7, 11) is 0. The highest BCUT2D eigenvalue weighted by Gasteiger charge is 2.10. The third kappa shape index (κ3) is 2.80. The summed E-state index contributed by atoms with van der Waals surface area (Å²) in [5.41, 5.74) is 5.32. The van der Waals surface area contributed by atoms with E-state index in [4.69, 9.17) is 5.73 Å². The number of carbonyl (C=O) groups is 1. The number of carbonyl (C=O) groups excluding carboxylic acids is 1. The van der Waals surface area contributed by atoms with Crippen molar-refractivity contribution in [3.05, 3.63) is 30.3 Å². The van der Waals surface area contributed by atoms with Crippen molar-refractivity contribution in [2.75, 3.05) is 5.01 Å². The minimum atomic E-state index is -2.59. The van der Waals surface area contributed by atoms with Gasteiger partial charge < -0.3 is 10.3 Å². The van der Waals surface area contributed by atoms with E-state index >= 15 is 0 Å². The highest BCUT2D eigenvalue weighted by atomic mass is 32.2. The Kier molecular flexibility index (Phi) is 3.57. The van der Waals surface area contributed by atoms with Crippen LogP contribution in [0, 0.1) is 0 Å². The fourth-order valence-corrected chi connectivity index (χ4v) is 1.22. The number of hydrazine groups is 1. The first-order valence-corrected chi connectivity index (χ1v) is 4.69. The molecule has 2 amide bonds. The zero-order valence-corrected chi connectivity index (χ0v) is 7.86. The SMILES string of the molecule is NC(=O)N(NS(=O)[O-])c1ccccc1. The summed E-state index contributed by atoms with van der Waals surface area (Å²) in [6, 6.07) is 7.23. The van der Waals surface area contributed by atoms with Crippen LogP contribution in [-0.4, -0.2) is 14.8 Å². The highest BCUT2D eigenvalue weighted by molar-refractivity contribution is 7.77. The van der Waals surface area contributed by atoms with E-state index in [1.165, 1.54) is 0 Å². The van der Waals surface area contributed by atoms with Gasteiger partial charge in [0.1, 0.15) is 0 Å². The molecule has 1 rings (SSSR count). The molecule has 1 aromatic carbocycles. The summed E-state index contributed by atoms with van der Waals surface area (Å²) >= 11 is -2.59. The third-order valence-electron chi connectivity index (χ3n) is 1.40. The lowest BCUT2D eigenvalue weighted by Gasteiger charge is -2.21. The molecule has 0 fully saturated rings. The molecule has 1 aromatic rings. The van der Waals surface area contributed by atoms with Gasteiger partial charge in [-0.3, -0.25) is 4.21 Å². The molecule has 0 aliphatic heterocycles. The fraction of sp³-hybridized carbons (Fsp3) is 0. The second-order valence-electron chi connectivity index (χ2n) is 2.34. The van der Waals surface area contributed by atoms with Crippen LogP contribution in [0.2, 0.25) is 0 Å². The predicted molar refractivity (Wildman–Crippen MR) is 50.6 cm³/mol. The van der Waals surface area contributed by atoms with Gasteiger partial charge in [0.2, 0.25) is 0 Å². The Labute approximate surface area is 83.1 Å². The molecule has 76 valence electrons. The molecule has 0 heterocycles. The summed E-state index contributed by atoms with van der Waals surface area (Å²) in [4.78, 5) is 12.7. The molecule has 0 aromatic heterocycles. The van der Waals surface area contributed by atoms with Crippen LogP contribution in [0.1, 0.15) is 0 Å². The minimum absolute atomic E-state index is 0.351. The van der Waals surface area contributed by atoms with Crippen LogP contribution in [-0.2, 0) is 11.3 Å². The second kappa shape index (κ2) is 4.70. The van der Waals surface area contributed by atoms with Gasteiger partial charge in [0.15, 0.2) is 0 Å². The number of benzene rings is 1. The molecular formula is C7H8N3O3S-. The maximum atomic E-state index is 10.8. The topological polar surface area (TPSA) is 98.5 Å². The van der Waals surface area contributed by atoms with Crippen molar-refractivity contribution in [2.24, 2.45) is 5.73 Å². The van der Waals surface area contributed by atoms with E-state index in [2.05, 4.69) is 0 Å². The van der Waals surface area contributed by atoms with Crippen molar-refractivity contribution < 1.29 is 13.6 Å². The molecule has 1 unspecified atom stereocenters. The zero-order valence-electron chi connectivity index (χ0n) is 7.04. The molecule has 7 heteroatoms. The average molecular weight is 214 g/mol. The minimum Gasteiger partial charge on any atom is -0.759 e. The third-order valence-corrected chi connectivity index (χ3v) is 1.73. The summed E-state index contributed by atoms with van der Waals surface area (Å²) in [6.07, 6.45) is 0. The van der Waals surface area contributed by atoms with Gasteiger partial charge in [0.25, 0.3) is 0 Å². The Morgan fingerprint density at radius 2 is 2.00 bits per heavy atom. The van der Waals surface area contributed by atoms with E-state index in [0.717, 1.165) is 5.01 Å². The van der Waals surface area contributed by atoms with Crippen LogP contribution in [0.25, 0.3) is 0 Å². The number of hydrogen-bond donors (Lipinski definition) is 2. The largest absolute Gasteiger partial charge is 0.759 e. The molecule has 1 atom stereocenters. The zero-order chi connectivity index (χ0) is 10.6. The van der Waals surface area contributed by atoms with E-state index in [1.807, 2.05) is 4.83 Å². The maximum Gasteiger partial charge on any atom is 0.334 e. The molecule has 14 heavy (non-hydrogen) atoms. The first-order valence-electron chi connectivity index (χ1n) is 3.61. The number of anilines is 1. The molecule has 3 N–H and O–H groups in total. The smallest absolute Gasteiger partial charge is 0.334 e. The molecule has 0 radical (unpaired) electrons. The number of primary amides is 1. The lowest BCUT2D eigenvalue weighted by Crippen LogP contribution is -2.47. The van der Waals surface area contributed by atoms with Crippen LogP contribution in [0.3, 0.4) is 0 Å². The Bertz CT molecular complexity index is 343. The molecule has 0 saturated carbocycles. The van der Waals surface area contributed by atoms with Crippen molar-refractivity contribution >= 4 is 23.0 Å². The summed E-state index contributed by atoms with van der Waals surface area (Å²) in [6.45, 7) is 0. The van der Waals surface area contributed by atoms with Crippen LogP contribution in [0.15, 0.2) is 30.3 Å². The highest BCUT2D eigenvalue weighted by Crippen LogP contribution is 2.10. The van der Waals surface area contributed by atoms with Gasteiger partial charge >= 0.3 is 6.03 Å². The summed E-state index contributed by atoms with van der Waals surface area (Å²) < 4.78 is 20.7. The van der Waals surface area contributed by atoms with Gasteiger partial charge in [0.05, 0.1) is 5.69 Å². The predicted octanol–water partition coefficient (Wildman–Crippen LogP) is -0.130. The lowest BCUT2D eigenvalue weighted by atomic mass is 10.3. The molecule has 0 saturated heterocycles. The van der Waals surface area contributed by atoms with E-state index in [9.17, 15) is 13.6 Å². The van der Waals surface area contributed by atoms with Crippen molar-refractivity contribution in [3.63, 3.8) is 0 Å². The number of amides is 2. The van der Waals surface area contributed by atoms with Gasteiger partial charge in [-0.15, -0.1) is 0 Å². The molecule has 6 nitrogen and oxygen atoms in total. The lowest BCUT2D eigenvalue weighted by molar-refractivity contribution is 0.253. The average Bonchev–Trinajstić information content (AvgIpc) is 2.15. The van der Waals surface area contributed by atoms with Gasteiger partial charge in [-0.2, -0.15) is 4.83 Å². The van der Waals surface area contributed by atoms with Crippen LogP contribution in [0.5, 0.6) is 0 Å². The van der Waals surface area contributed by atoms with E-state index in [0.29, 0.717) is 5.69 Å². The van der Waals surface area contributed by atoms with Gasteiger partial charge in [-0.25, -0.2) is 9.80 Å². The summed E-state index contributed by atoms with van der Waals surface area (Å²) in [5.74, 6) is 0. The molecule has 0 bridgehead atoms. The first-order chi connectivity index (χ1) is 6.61. The van der Waals surface area contributed by atoms with Crippen LogP contribution < -0.4 is 15.6 Å². The Morgan fingerprint density at radius 3 is 2.43 bits per heavy atom. The van der Waals surface area contributed by atoms with Crippen molar-refractivity contribution in [1.82, 2.24) is 4.83 Å². The van der Waals surface area contributed by atoms with Gasteiger partial charge in [-0.1, -0.05) is 18.2 Å². The van der Waals surface area contributed by atoms with E-state index in [-0.39, 0.29) is 0 Å². The Balaban J connectivity index is 2.89. The first kappa shape index (κ1) is 10.6. The number of para-hydroxylation sites is 1. The van der Waals surface area contributed by atoms with E-state index in [1.54, 1.807) is 30.3 Å². The number of nitrogens with two attached hydrogens (primary N) is 1. The van der Waals surface area contributed by atoms with Crippen LogP contribution in [0.4, 0.5) is 10.5 Å². The van der Waals surface area contributed by atoms with E-state index < -0.39 is 17.3 Å². The number of hydrogen-bond acceptors (Lipinski definition) is 3. The quantitative estimate of drug-likeness (QED) is 0.541. The number of urea groups is 1. The van der Waals surface area contributed by atoms with Gasteiger partial charge in [0, 0.05) is 11.3 Å². The summed E-state index contributed by atoms with van der Waals surface area (Å²) in [5, 5.41) is 0.725. The molecule has 0 aliphatic carbocycles. The maximum absolute atomic E-state index is 10.8. The van der Waals surface area contributed by atoms with Crippen molar-refractivity contribution in [2.45, 2.75) is 0 Å². The Hall–Kier alpha value is -1.44. The number of nitrogens with zero attached hydrogens (tertiary/aromatic N) is 1. The molecule has 0 aliphatic rings. The number of rotatable bonds is 3. The van der Waals surface area contributed by atoms with Crippen molar-refractivity contribution in [3.8, 4) is 0 Å². The molecular weight excluding hydrogens is 206 g/mol. The second-order valence-corrected chi connectivity index (χ2v) is 2.99. The van der Waals surface area contributed by atoms with Crippen molar-refractivity contribution in [1.29, 1.82) is 0 Å². The standard InChI is InChI=1S/C7H9N3O3S/c8-7(11)10(9-14(12)13)6-4-2-1-3-5-6/h1-5,9H,(H2,8,11)(H,12,13)/p-1.